The molecule has 0 saturated carbocycles. The highest BCUT2D eigenvalue weighted by Crippen LogP contribution is 2.44. The molecule has 1 unspecified atom stereocenters. The minimum Gasteiger partial charge on any atom is -0.481 e. The molecule has 4 rings (SSSR count). The highest BCUT2D eigenvalue weighted by molar-refractivity contribution is 5.90. The number of hydrogen-bond donors (Lipinski definition) is 1. The van der Waals surface area contributed by atoms with Crippen molar-refractivity contribution in [2.75, 3.05) is 23.5 Å². The first-order valence-corrected chi connectivity index (χ1v) is 14.2. The first kappa shape index (κ1) is 34.2. The van der Waals surface area contributed by atoms with Crippen LogP contribution in [0.1, 0.15) is 67.1 Å². The lowest BCUT2D eigenvalue weighted by atomic mass is 9.92. The summed E-state index contributed by atoms with van der Waals surface area (Å²) >= 11 is 0. The van der Waals surface area contributed by atoms with Gasteiger partial charge in [-0.2, -0.15) is 26.3 Å². The van der Waals surface area contributed by atoms with Crippen molar-refractivity contribution in [3.63, 3.8) is 0 Å². The number of aliphatic carboxylic acids is 1. The van der Waals surface area contributed by atoms with Crippen LogP contribution in [0.2, 0.25) is 0 Å². The number of anilines is 2. The second kappa shape index (κ2) is 13.8. The summed E-state index contributed by atoms with van der Waals surface area (Å²) in [6.07, 6.45) is -7.69. The van der Waals surface area contributed by atoms with Gasteiger partial charge in [-0.15, -0.1) is 0 Å². The summed E-state index contributed by atoms with van der Waals surface area (Å²) in [6, 6.07) is 3.02. The maximum absolute atomic E-state index is 13.8. The zero-order valence-corrected chi connectivity index (χ0v) is 25.0. The fraction of sp³-hybridized carbons (Fsp3) is 0.433. The van der Waals surface area contributed by atoms with Gasteiger partial charge in [0.25, 0.3) is 0 Å². The minimum absolute atomic E-state index is 0.0498. The lowest BCUT2D eigenvalue weighted by molar-refractivity contribution is -0.143. The van der Waals surface area contributed by atoms with Crippen LogP contribution < -0.4 is 14.5 Å². The van der Waals surface area contributed by atoms with Crippen LogP contribution in [-0.4, -0.2) is 51.9 Å². The Morgan fingerprint density at radius 3 is 2.15 bits per heavy atom. The molecule has 0 fully saturated rings. The number of benzene rings is 1. The molecule has 3 heterocycles. The fourth-order valence-electron chi connectivity index (χ4n) is 5.25. The number of alkyl halides is 6. The number of carboxylic acids is 1. The number of carbonyl (C=O) groups excluding carboxylic acids is 1. The summed E-state index contributed by atoms with van der Waals surface area (Å²) in [4.78, 5) is 40.2. The zero-order valence-electron chi connectivity index (χ0n) is 25.0. The summed E-state index contributed by atoms with van der Waals surface area (Å²) in [7, 11) is 1.36. The normalized spacial score (nSPS) is 16.5. The number of carbonyl (C=O) groups is 2. The van der Waals surface area contributed by atoms with Gasteiger partial charge in [0.1, 0.15) is 0 Å². The number of hydrogen-bond acceptors (Lipinski definition) is 8. The minimum atomic E-state index is -5.07. The maximum Gasteiger partial charge on any atom is 0.416 e. The van der Waals surface area contributed by atoms with E-state index in [4.69, 9.17) is 14.6 Å². The van der Waals surface area contributed by atoms with E-state index < -0.39 is 54.2 Å². The molecule has 10 nitrogen and oxygen atoms in total. The van der Waals surface area contributed by atoms with Crippen molar-refractivity contribution < 1.29 is 50.5 Å². The molecule has 0 radical (unpaired) electrons. The van der Waals surface area contributed by atoms with Crippen molar-refractivity contribution in [1.29, 1.82) is 0 Å². The number of nitrogens with zero attached hydrogens (tertiary/aromatic N) is 5. The molecule has 0 aliphatic carbocycles. The van der Waals surface area contributed by atoms with E-state index in [-0.39, 0.29) is 55.0 Å². The maximum atomic E-state index is 13.8. The molecule has 0 bridgehead atoms. The number of ether oxygens (including phenoxy) is 2. The molecule has 1 aliphatic rings. The number of carboxylic acid groups (broad SMARTS) is 1. The van der Waals surface area contributed by atoms with Gasteiger partial charge in [-0.1, -0.05) is 6.92 Å². The van der Waals surface area contributed by atoms with Gasteiger partial charge in [0.2, 0.25) is 11.8 Å². The molecule has 248 valence electrons. The van der Waals surface area contributed by atoms with E-state index in [0.29, 0.717) is 29.8 Å². The predicted octanol–water partition coefficient (Wildman–Crippen LogP) is 6.83. The fourth-order valence-corrected chi connectivity index (χ4v) is 5.25. The molecule has 1 N–H and O–H groups in total. The van der Waals surface area contributed by atoms with E-state index >= 15 is 0 Å². The number of aryl methyl sites for hydroxylation is 1. The number of halogens is 6. The van der Waals surface area contributed by atoms with E-state index in [2.05, 4.69) is 15.0 Å². The van der Waals surface area contributed by atoms with E-state index in [1.807, 2.05) is 6.92 Å². The standard InChI is InChI=1S/C30H31F6N5O5/c1-4-21-13-23(26-22(7-8-24(39-26)45-3)41(21)28(44)46-5-2)40(27-37-14-17(15-38-27)6-9-25(42)43)16-18-10-19(29(31,32)33)12-20(11-18)30(34,35)36/h7-8,10-12,14-15,21,23H,4-6,9,13,16H2,1-3H3,(H,42,43)/t21-,23?/m1/s1. The quantitative estimate of drug-likeness (QED) is 0.235. The Kier molecular flexibility index (Phi) is 10.3. The van der Waals surface area contributed by atoms with Crippen molar-refractivity contribution in [3.05, 3.63) is 70.7 Å². The Labute approximate surface area is 260 Å². The number of amides is 1. The van der Waals surface area contributed by atoms with Crippen LogP contribution in [-0.2, 0) is 34.8 Å². The molecular formula is C30H31F6N5O5. The monoisotopic (exact) mass is 655 g/mol. The van der Waals surface area contributed by atoms with Crippen LogP contribution in [0.4, 0.5) is 42.8 Å². The predicted molar refractivity (Wildman–Crippen MR) is 152 cm³/mol. The largest absolute Gasteiger partial charge is 0.481 e. The molecular weight excluding hydrogens is 624 g/mol. The number of aromatic nitrogens is 3. The molecule has 46 heavy (non-hydrogen) atoms. The van der Waals surface area contributed by atoms with Gasteiger partial charge >= 0.3 is 24.4 Å². The van der Waals surface area contributed by atoms with Gasteiger partial charge in [-0.05, 0) is 61.6 Å². The molecule has 3 aromatic rings. The molecule has 2 atom stereocenters. The zero-order chi connectivity index (χ0) is 33.8. The third-order valence-corrected chi connectivity index (χ3v) is 7.41. The summed E-state index contributed by atoms with van der Waals surface area (Å²) in [5, 5.41) is 9.03. The molecule has 1 amide bonds. The Hall–Kier alpha value is -4.63. The Morgan fingerprint density at radius 2 is 1.63 bits per heavy atom. The topological polar surface area (TPSA) is 118 Å². The average molecular weight is 656 g/mol. The lowest BCUT2D eigenvalue weighted by Crippen LogP contribution is -2.48. The van der Waals surface area contributed by atoms with Crippen LogP contribution >= 0.6 is 0 Å². The number of pyridine rings is 1. The van der Waals surface area contributed by atoms with Crippen LogP contribution in [0.25, 0.3) is 0 Å². The smallest absolute Gasteiger partial charge is 0.416 e. The van der Waals surface area contributed by atoms with Crippen LogP contribution in [0, 0.1) is 0 Å². The first-order valence-electron chi connectivity index (χ1n) is 14.2. The summed E-state index contributed by atoms with van der Waals surface area (Å²) in [5.74, 6) is -0.970. The molecule has 1 aliphatic heterocycles. The second-order valence-corrected chi connectivity index (χ2v) is 10.5. The van der Waals surface area contributed by atoms with Crippen molar-refractivity contribution >= 4 is 23.7 Å². The van der Waals surface area contributed by atoms with Crippen molar-refractivity contribution in [2.45, 2.75) is 70.5 Å². The van der Waals surface area contributed by atoms with Gasteiger partial charge in [0.05, 0.1) is 42.3 Å². The SMILES string of the molecule is CCOC(=O)N1c2ccc(OC)nc2C(N(Cc2cc(C(F)(F)F)cc(C(F)(F)F)c2)c2ncc(CCC(=O)O)cn2)C[C@H]1CC. The van der Waals surface area contributed by atoms with Crippen molar-refractivity contribution in [1.82, 2.24) is 15.0 Å². The third-order valence-electron chi connectivity index (χ3n) is 7.41. The Bertz CT molecular complexity index is 1520. The third kappa shape index (κ3) is 7.77. The number of methoxy groups -OCH3 is 1. The van der Waals surface area contributed by atoms with Crippen LogP contribution in [0.3, 0.4) is 0 Å². The molecule has 0 saturated heterocycles. The van der Waals surface area contributed by atoms with Crippen molar-refractivity contribution in [3.8, 4) is 5.88 Å². The summed E-state index contributed by atoms with van der Waals surface area (Å²) < 4.78 is 93.2. The Balaban J connectivity index is 1.90. The molecule has 16 heteroatoms. The van der Waals surface area contributed by atoms with E-state index in [9.17, 15) is 35.9 Å². The van der Waals surface area contributed by atoms with E-state index in [0.717, 1.165) is 0 Å². The van der Waals surface area contributed by atoms with E-state index in [1.165, 1.54) is 35.4 Å². The highest BCUT2D eigenvalue weighted by atomic mass is 19.4. The molecule has 0 spiro atoms. The number of fused-ring (bicyclic) bond motifs is 1. The van der Waals surface area contributed by atoms with Crippen LogP contribution in [0.5, 0.6) is 5.88 Å². The Morgan fingerprint density at radius 1 is 1.00 bits per heavy atom. The van der Waals surface area contributed by atoms with Crippen molar-refractivity contribution in [2.24, 2.45) is 0 Å². The van der Waals surface area contributed by atoms with Gasteiger partial charge in [0.15, 0.2) is 0 Å². The van der Waals surface area contributed by atoms with Gasteiger partial charge in [-0.3, -0.25) is 9.69 Å². The number of rotatable bonds is 10. The molecule has 2 aromatic heterocycles. The van der Waals surface area contributed by atoms with Gasteiger partial charge in [-0.25, -0.2) is 19.7 Å². The summed E-state index contributed by atoms with van der Waals surface area (Å²) in [5.41, 5.74) is -2.29. The van der Waals surface area contributed by atoms with Gasteiger partial charge in [0, 0.05) is 37.5 Å². The van der Waals surface area contributed by atoms with Gasteiger partial charge < -0.3 is 19.5 Å². The summed E-state index contributed by atoms with van der Waals surface area (Å²) in [6.45, 7) is 3.03. The lowest BCUT2D eigenvalue weighted by Gasteiger charge is -2.43. The average Bonchev–Trinajstić information content (AvgIpc) is 3.01. The van der Waals surface area contributed by atoms with Crippen LogP contribution in [0.15, 0.2) is 42.7 Å². The highest BCUT2D eigenvalue weighted by Gasteiger charge is 2.42. The molecule has 1 aromatic carbocycles. The van der Waals surface area contributed by atoms with E-state index in [1.54, 1.807) is 13.0 Å². The second-order valence-electron chi connectivity index (χ2n) is 10.5. The first-order chi connectivity index (χ1) is 21.7.